The fourth-order valence-electron chi connectivity index (χ4n) is 3.76. The van der Waals surface area contributed by atoms with Crippen molar-refractivity contribution in [1.82, 2.24) is 0 Å². The lowest BCUT2D eigenvalue weighted by Crippen LogP contribution is -2.29. The molecule has 11 heteroatoms. The number of unbranched alkanes of at least 4 members (excludes halogenated alkanes) is 12. The molecule has 236 valence electrons. The fourth-order valence-corrected chi connectivity index (χ4v) is 4.55. The van der Waals surface area contributed by atoms with Crippen molar-refractivity contribution in [2.75, 3.05) is 26.4 Å². The molecule has 0 aromatic heterocycles. The number of ether oxygens (including phenoxy) is 2. The molecule has 3 unspecified atom stereocenters. The largest absolute Gasteiger partial charge is 0.472 e. The molecule has 0 aromatic carbocycles. The van der Waals surface area contributed by atoms with Crippen LogP contribution in [0, 0.1) is 0 Å². The van der Waals surface area contributed by atoms with Crippen molar-refractivity contribution in [1.29, 1.82) is 0 Å². The number of carbonyl (C=O) groups excluding carboxylic acids is 2. The van der Waals surface area contributed by atoms with E-state index in [1.54, 1.807) is 0 Å². The minimum atomic E-state index is -4.59. The lowest BCUT2D eigenvalue weighted by molar-refractivity contribution is -0.161. The molecule has 0 radical (unpaired) electrons. The first-order valence-electron chi connectivity index (χ1n) is 15.1. The number of esters is 2. The maximum Gasteiger partial charge on any atom is 0.472 e. The summed E-state index contributed by atoms with van der Waals surface area (Å²) in [5.41, 5.74) is 0. The van der Waals surface area contributed by atoms with Crippen molar-refractivity contribution in [3.8, 4) is 0 Å². The van der Waals surface area contributed by atoms with Crippen LogP contribution in [-0.4, -0.2) is 65.7 Å². The van der Waals surface area contributed by atoms with E-state index in [9.17, 15) is 24.2 Å². The van der Waals surface area contributed by atoms with Gasteiger partial charge < -0.3 is 24.6 Å². The first-order chi connectivity index (χ1) is 19.2. The second-order valence-corrected chi connectivity index (χ2v) is 11.6. The number of carbonyl (C=O) groups is 2. The monoisotopic (exact) mass is 594 g/mol. The van der Waals surface area contributed by atoms with Gasteiger partial charge in [0, 0.05) is 12.8 Å². The van der Waals surface area contributed by atoms with Gasteiger partial charge in [-0.05, 0) is 32.1 Å². The van der Waals surface area contributed by atoms with E-state index >= 15 is 0 Å². The van der Waals surface area contributed by atoms with E-state index in [4.69, 9.17) is 19.1 Å². The Kier molecular flexibility index (Phi) is 25.7. The number of hydrogen-bond donors (Lipinski definition) is 3. The third-order valence-corrected chi connectivity index (χ3v) is 7.10. The highest BCUT2D eigenvalue weighted by molar-refractivity contribution is 7.47. The summed E-state index contributed by atoms with van der Waals surface area (Å²) < 4.78 is 32.2. The lowest BCUT2D eigenvalue weighted by atomic mass is 10.1. The standard InChI is InChI=1S/C29H55O10P/c1-3-5-7-9-11-12-13-15-17-19-21-29(33)39-27(25-38-40(34,35)37-23-26(31)22-30)24-36-28(32)20-18-16-14-10-8-6-4-2/h7,9,26-27,30-31H,3-6,8,10-25H2,1-2H3,(H,34,35)/b9-7-. The summed E-state index contributed by atoms with van der Waals surface area (Å²) in [6.45, 7) is 2.20. The van der Waals surface area contributed by atoms with Gasteiger partial charge in [-0.1, -0.05) is 90.2 Å². The minimum Gasteiger partial charge on any atom is -0.462 e. The van der Waals surface area contributed by atoms with Crippen LogP contribution in [0.4, 0.5) is 0 Å². The van der Waals surface area contributed by atoms with E-state index in [0.29, 0.717) is 12.8 Å². The summed E-state index contributed by atoms with van der Waals surface area (Å²) in [5, 5.41) is 18.1. The zero-order valence-electron chi connectivity index (χ0n) is 24.8. The molecule has 0 aliphatic rings. The summed E-state index contributed by atoms with van der Waals surface area (Å²) in [6.07, 6.45) is 17.9. The van der Waals surface area contributed by atoms with Gasteiger partial charge in [0.15, 0.2) is 6.10 Å². The molecule has 3 atom stereocenters. The second kappa shape index (κ2) is 26.6. The average molecular weight is 595 g/mol. The Morgan fingerprint density at radius 1 is 0.725 bits per heavy atom. The topological polar surface area (TPSA) is 149 Å². The highest BCUT2D eigenvalue weighted by atomic mass is 31.2. The highest BCUT2D eigenvalue weighted by Gasteiger charge is 2.27. The molecule has 0 heterocycles. The quantitative estimate of drug-likeness (QED) is 0.0416. The Bertz CT molecular complexity index is 700. The number of aliphatic hydroxyl groups is 2. The summed E-state index contributed by atoms with van der Waals surface area (Å²) >= 11 is 0. The fraction of sp³-hybridized carbons (Fsp3) is 0.862. The Morgan fingerprint density at radius 2 is 1.27 bits per heavy atom. The summed E-state index contributed by atoms with van der Waals surface area (Å²) in [6, 6.07) is 0. The molecule has 10 nitrogen and oxygen atoms in total. The zero-order valence-corrected chi connectivity index (χ0v) is 25.7. The SMILES string of the molecule is CCC/C=C\CCCCCCCC(=O)OC(COC(=O)CCCCCCCCC)COP(=O)(O)OCC(O)CO. The first kappa shape index (κ1) is 38.7. The molecule has 0 rings (SSSR count). The summed E-state index contributed by atoms with van der Waals surface area (Å²) in [4.78, 5) is 34.4. The Hall–Kier alpha value is -1.29. The molecule has 0 aromatic rings. The van der Waals surface area contributed by atoms with Crippen LogP contribution in [0.5, 0.6) is 0 Å². The maximum atomic E-state index is 12.4. The molecule has 0 saturated carbocycles. The van der Waals surface area contributed by atoms with Crippen molar-refractivity contribution in [3.63, 3.8) is 0 Å². The van der Waals surface area contributed by atoms with Gasteiger partial charge in [0.1, 0.15) is 12.7 Å². The molecule has 40 heavy (non-hydrogen) atoms. The molecular formula is C29H55O10P. The minimum absolute atomic E-state index is 0.175. The van der Waals surface area contributed by atoms with Crippen molar-refractivity contribution in [3.05, 3.63) is 12.2 Å². The smallest absolute Gasteiger partial charge is 0.462 e. The maximum absolute atomic E-state index is 12.4. The van der Waals surface area contributed by atoms with E-state index in [0.717, 1.165) is 64.2 Å². The number of allylic oxidation sites excluding steroid dienone is 2. The summed E-state index contributed by atoms with van der Waals surface area (Å²) in [5.74, 6) is -0.947. The lowest BCUT2D eigenvalue weighted by Gasteiger charge is -2.20. The van der Waals surface area contributed by atoms with Gasteiger partial charge in [0.2, 0.25) is 0 Å². The normalized spacial score (nSPS) is 14.6. The molecule has 0 bridgehead atoms. The van der Waals surface area contributed by atoms with E-state index in [-0.39, 0.29) is 19.4 Å². The zero-order chi connectivity index (χ0) is 29.9. The van der Waals surface area contributed by atoms with Gasteiger partial charge in [-0.25, -0.2) is 4.57 Å². The summed E-state index contributed by atoms with van der Waals surface area (Å²) in [7, 11) is -4.59. The van der Waals surface area contributed by atoms with Crippen LogP contribution >= 0.6 is 7.82 Å². The Balaban J connectivity index is 4.51. The first-order valence-corrected chi connectivity index (χ1v) is 16.6. The molecule has 3 N–H and O–H groups in total. The Labute approximate surface area is 241 Å². The highest BCUT2D eigenvalue weighted by Crippen LogP contribution is 2.43. The van der Waals surface area contributed by atoms with Crippen LogP contribution in [-0.2, 0) is 32.7 Å². The van der Waals surface area contributed by atoms with Gasteiger partial charge in [0.05, 0.1) is 19.8 Å². The van der Waals surface area contributed by atoms with E-state index in [1.807, 2.05) is 0 Å². The average Bonchev–Trinajstić information content (AvgIpc) is 2.93. The van der Waals surface area contributed by atoms with Gasteiger partial charge in [-0.2, -0.15) is 0 Å². The van der Waals surface area contributed by atoms with Crippen LogP contribution in [0.1, 0.15) is 123 Å². The second-order valence-electron chi connectivity index (χ2n) is 10.1. The molecule has 0 spiro atoms. The molecular weight excluding hydrogens is 539 g/mol. The van der Waals surface area contributed by atoms with Gasteiger partial charge in [-0.3, -0.25) is 18.6 Å². The third-order valence-electron chi connectivity index (χ3n) is 6.15. The van der Waals surface area contributed by atoms with Gasteiger partial charge >= 0.3 is 19.8 Å². The number of aliphatic hydroxyl groups excluding tert-OH is 2. The molecule has 0 fully saturated rings. The van der Waals surface area contributed by atoms with Crippen LogP contribution in [0.2, 0.25) is 0 Å². The van der Waals surface area contributed by atoms with Gasteiger partial charge in [-0.15, -0.1) is 0 Å². The third kappa shape index (κ3) is 25.7. The van der Waals surface area contributed by atoms with Crippen LogP contribution < -0.4 is 0 Å². The van der Waals surface area contributed by atoms with Crippen LogP contribution in [0.15, 0.2) is 12.2 Å². The molecule has 0 aliphatic heterocycles. The number of phosphoric ester groups is 1. The van der Waals surface area contributed by atoms with Crippen molar-refractivity contribution in [2.24, 2.45) is 0 Å². The number of phosphoric acid groups is 1. The van der Waals surface area contributed by atoms with E-state index in [1.165, 1.54) is 19.3 Å². The molecule has 0 aliphatic carbocycles. The van der Waals surface area contributed by atoms with Gasteiger partial charge in [0.25, 0.3) is 0 Å². The van der Waals surface area contributed by atoms with Crippen molar-refractivity contribution >= 4 is 19.8 Å². The van der Waals surface area contributed by atoms with E-state index < -0.39 is 51.8 Å². The Morgan fingerprint density at radius 3 is 1.90 bits per heavy atom. The predicted molar refractivity (Wildman–Crippen MR) is 155 cm³/mol. The number of rotatable bonds is 28. The molecule has 0 saturated heterocycles. The van der Waals surface area contributed by atoms with Crippen LogP contribution in [0.25, 0.3) is 0 Å². The molecule has 0 amide bonds. The van der Waals surface area contributed by atoms with E-state index in [2.05, 4.69) is 30.5 Å². The van der Waals surface area contributed by atoms with Crippen molar-refractivity contribution in [2.45, 2.75) is 135 Å². The number of hydrogen-bond acceptors (Lipinski definition) is 9. The van der Waals surface area contributed by atoms with Crippen molar-refractivity contribution < 1.29 is 47.8 Å². The van der Waals surface area contributed by atoms with Crippen LogP contribution in [0.3, 0.4) is 0 Å². The predicted octanol–water partition coefficient (Wildman–Crippen LogP) is 6.16.